The van der Waals surface area contributed by atoms with E-state index in [4.69, 9.17) is 0 Å². The Balaban J connectivity index is 1.52. The Hall–Kier alpha value is -2.91. The van der Waals surface area contributed by atoms with Crippen molar-refractivity contribution in [3.8, 4) is 0 Å². The van der Waals surface area contributed by atoms with Crippen LogP contribution < -0.4 is 5.32 Å². The predicted molar refractivity (Wildman–Crippen MR) is 114 cm³/mol. The number of hydrogen-bond acceptors (Lipinski definition) is 10. The smallest absolute Gasteiger partial charge is 0.352 e. The zero-order valence-corrected chi connectivity index (χ0v) is 18.7. The molecule has 0 bridgehead atoms. The van der Waals surface area contributed by atoms with E-state index in [-0.39, 0.29) is 10.9 Å². The van der Waals surface area contributed by atoms with Crippen LogP contribution in [0.1, 0.15) is 18.4 Å². The second-order valence-corrected chi connectivity index (χ2v) is 10.1. The van der Waals surface area contributed by atoms with E-state index < -0.39 is 41.1 Å². The van der Waals surface area contributed by atoms with Gasteiger partial charge in [-0.15, -0.1) is 22.0 Å². The maximum atomic E-state index is 12.8. The maximum absolute atomic E-state index is 12.8. The SMILES string of the molecule is CC(Sc1nn[nH]n1)C1=C(C(=O)O)N2C(=O)C(NC(=O)C(C(=O)O)c3ccsc3)[C@H]2SC1. The summed E-state index contributed by atoms with van der Waals surface area (Å²) in [6, 6.07) is 0.525. The van der Waals surface area contributed by atoms with Crippen molar-refractivity contribution in [3.05, 3.63) is 33.7 Å². The zero-order chi connectivity index (χ0) is 23.0. The molecule has 2 aliphatic heterocycles. The van der Waals surface area contributed by atoms with Crippen LogP contribution in [0, 0.1) is 0 Å². The zero-order valence-electron chi connectivity index (χ0n) is 16.3. The van der Waals surface area contributed by atoms with E-state index in [2.05, 4.69) is 25.9 Å². The van der Waals surface area contributed by atoms with Crippen molar-refractivity contribution in [2.24, 2.45) is 0 Å². The number of nitrogens with one attached hydrogen (secondary N) is 2. The van der Waals surface area contributed by atoms with Gasteiger partial charge in [-0.3, -0.25) is 19.3 Å². The van der Waals surface area contributed by atoms with E-state index in [1.54, 1.807) is 17.7 Å². The number of H-pyrrole nitrogens is 1. The van der Waals surface area contributed by atoms with Crippen molar-refractivity contribution in [1.82, 2.24) is 30.8 Å². The molecule has 4 rings (SSSR count). The van der Waals surface area contributed by atoms with Crippen LogP contribution in [0.25, 0.3) is 0 Å². The molecule has 15 heteroatoms. The molecule has 2 amide bonds. The van der Waals surface area contributed by atoms with Crippen LogP contribution in [0.3, 0.4) is 0 Å². The fourth-order valence-electron chi connectivity index (χ4n) is 3.47. The Kier molecular flexibility index (Phi) is 6.21. The van der Waals surface area contributed by atoms with Crippen LogP contribution in [0.5, 0.6) is 0 Å². The van der Waals surface area contributed by atoms with Crippen LogP contribution in [-0.2, 0) is 19.2 Å². The fraction of sp³-hybridized carbons (Fsp3) is 0.353. The van der Waals surface area contributed by atoms with E-state index in [1.807, 2.05) is 0 Å². The number of rotatable bonds is 8. The van der Waals surface area contributed by atoms with Gasteiger partial charge in [0, 0.05) is 11.0 Å². The van der Waals surface area contributed by atoms with Crippen LogP contribution in [-0.4, -0.2) is 81.9 Å². The molecule has 4 N–H and O–H groups in total. The third-order valence-electron chi connectivity index (χ3n) is 4.98. The quantitative estimate of drug-likeness (QED) is 0.225. The topological polar surface area (TPSA) is 178 Å². The van der Waals surface area contributed by atoms with Gasteiger partial charge in [0.25, 0.3) is 5.91 Å². The van der Waals surface area contributed by atoms with Crippen molar-refractivity contribution < 1.29 is 29.4 Å². The van der Waals surface area contributed by atoms with E-state index in [9.17, 15) is 29.4 Å². The monoisotopic (exact) mass is 496 g/mol. The molecule has 32 heavy (non-hydrogen) atoms. The number of carboxylic acid groups (broad SMARTS) is 2. The summed E-state index contributed by atoms with van der Waals surface area (Å²) < 4.78 is 0. The highest BCUT2D eigenvalue weighted by atomic mass is 32.2. The van der Waals surface area contributed by atoms with E-state index in [0.717, 1.165) is 4.90 Å². The van der Waals surface area contributed by atoms with E-state index in [1.165, 1.54) is 40.9 Å². The number of thiophene rings is 1. The summed E-state index contributed by atoms with van der Waals surface area (Å²) in [6.45, 7) is 1.78. The number of nitrogens with zero attached hydrogens (tertiary/aromatic N) is 4. The van der Waals surface area contributed by atoms with Crippen LogP contribution in [0.2, 0.25) is 0 Å². The molecule has 0 saturated carbocycles. The number of thioether (sulfide) groups is 2. The van der Waals surface area contributed by atoms with Gasteiger partial charge < -0.3 is 15.5 Å². The Labute approximate surface area is 192 Å². The number of amides is 2. The number of fused-ring (bicyclic) bond motifs is 1. The molecule has 0 aliphatic carbocycles. The third kappa shape index (κ3) is 3.98. The maximum Gasteiger partial charge on any atom is 0.352 e. The third-order valence-corrected chi connectivity index (χ3v) is 8.01. The average molecular weight is 497 g/mol. The molecule has 0 aromatic carbocycles. The molecule has 168 valence electrons. The summed E-state index contributed by atoms with van der Waals surface area (Å²) in [6.07, 6.45) is 0. The fourth-order valence-corrected chi connectivity index (χ4v) is 6.57. The second-order valence-electron chi connectivity index (χ2n) is 6.86. The molecule has 0 spiro atoms. The Morgan fingerprint density at radius 1 is 1.38 bits per heavy atom. The van der Waals surface area contributed by atoms with Crippen LogP contribution in [0.15, 0.2) is 33.3 Å². The Morgan fingerprint density at radius 3 is 2.75 bits per heavy atom. The molecule has 0 radical (unpaired) electrons. The molecular formula is C17H16N6O6S3. The van der Waals surface area contributed by atoms with E-state index in [0.29, 0.717) is 22.0 Å². The van der Waals surface area contributed by atoms with Crippen LogP contribution >= 0.6 is 34.9 Å². The Bertz CT molecular complexity index is 1090. The van der Waals surface area contributed by atoms with Gasteiger partial charge in [0.2, 0.25) is 11.1 Å². The van der Waals surface area contributed by atoms with Gasteiger partial charge in [-0.25, -0.2) is 4.79 Å². The lowest BCUT2D eigenvalue weighted by atomic mass is 9.98. The van der Waals surface area contributed by atoms with Crippen molar-refractivity contribution in [2.45, 2.75) is 34.7 Å². The normalized spacial score (nSPS) is 22.0. The number of aromatic amines is 1. The van der Waals surface area contributed by atoms with Gasteiger partial charge in [-0.2, -0.15) is 16.6 Å². The minimum absolute atomic E-state index is 0.139. The molecule has 4 atom stereocenters. The largest absolute Gasteiger partial charge is 0.480 e. The molecule has 2 aromatic heterocycles. The number of tetrazole rings is 1. The number of aromatic nitrogens is 4. The summed E-state index contributed by atoms with van der Waals surface area (Å²) in [7, 11) is 0. The first kappa shape index (κ1) is 22.3. The minimum atomic E-state index is -1.45. The highest BCUT2D eigenvalue weighted by Crippen LogP contribution is 2.43. The van der Waals surface area contributed by atoms with Gasteiger partial charge in [0.15, 0.2) is 5.92 Å². The number of β-lactam (4-membered cyclic amide) rings is 1. The van der Waals surface area contributed by atoms with Crippen LogP contribution in [0.4, 0.5) is 0 Å². The standard InChI is InChI=1S/C17H16N6O6S3/c1-6(32-17-19-21-22-20-17)8-5-31-14-10(13(25)23(14)11(8)16(28)29)18-12(24)9(15(26)27)7-2-3-30-4-7/h2-4,6,9-10,14H,5H2,1H3,(H,18,24)(H,26,27)(H,28,29)(H,19,20,21,22)/t6?,9?,10?,14-/m1/s1. The number of aliphatic carboxylic acids is 2. The number of carbonyl (C=O) groups excluding carboxylic acids is 2. The molecule has 2 aromatic rings. The summed E-state index contributed by atoms with van der Waals surface area (Å²) >= 11 is 3.76. The molecular weight excluding hydrogens is 480 g/mol. The minimum Gasteiger partial charge on any atom is -0.480 e. The summed E-state index contributed by atoms with van der Waals surface area (Å²) in [4.78, 5) is 50.2. The molecule has 3 unspecified atom stereocenters. The number of carboxylic acids is 2. The molecule has 4 heterocycles. The molecule has 12 nitrogen and oxygen atoms in total. The van der Waals surface area contributed by atoms with Crippen molar-refractivity contribution in [3.63, 3.8) is 0 Å². The van der Waals surface area contributed by atoms with Gasteiger partial charge in [-0.1, -0.05) is 11.8 Å². The molecule has 1 fully saturated rings. The predicted octanol–water partition coefficient (Wildman–Crippen LogP) is 0.349. The average Bonchev–Trinajstić information content (AvgIpc) is 3.45. The van der Waals surface area contributed by atoms with Gasteiger partial charge >= 0.3 is 11.9 Å². The lowest BCUT2D eigenvalue weighted by molar-refractivity contribution is -0.152. The number of hydrogen-bond donors (Lipinski definition) is 4. The lowest BCUT2D eigenvalue weighted by Crippen LogP contribution is -2.71. The van der Waals surface area contributed by atoms with Crippen molar-refractivity contribution in [1.29, 1.82) is 0 Å². The second kappa shape index (κ2) is 8.91. The molecule has 1 saturated heterocycles. The highest BCUT2D eigenvalue weighted by Gasteiger charge is 2.55. The van der Waals surface area contributed by atoms with Crippen molar-refractivity contribution in [2.75, 3.05) is 5.75 Å². The first-order valence-electron chi connectivity index (χ1n) is 9.16. The lowest BCUT2D eigenvalue weighted by Gasteiger charge is -2.50. The van der Waals surface area contributed by atoms with Gasteiger partial charge in [0.1, 0.15) is 17.1 Å². The summed E-state index contributed by atoms with van der Waals surface area (Å²) in [5.74, 6) is -5.15. The molecule has 2 aliphatic rings. The van der Waals surface area contributed by atoms with Gasteiger partial charge in [0.05, 0.1) is 0 Å². The first-order chi connectivity index (χ1) is 15.3. The number of carbonyl (C=O) groups is 4. The summed E-state index contributed by atoms with van der Waals surface area (Å²) in [5, 5.41) is 37.8. The summed E-state index contributed by atoms with van der Waals surface area (Å²) in [5.41, 5.74) is 0.703. The van der Waals surface area contributed by atoms with Gasteiger partial charge in [-0.05, 0) is 40.1 Å². The van der Waals surface area contributed by atoms with E-state index >= 15 is 0 Å². The first-order valence-corrected chi connectivity index (χ1v) is 12.0. The van der Waals surface area contributed by atoms with Crippen molar-refractivity contribution >= 4 is 58.6 Å². The highest BCUT2D eigenvalue weighted by molar-refractivity contribution is 8.01. The Morgan fingerprint density at radius 2 is 2.16 bits per heavy atom.